The maximum Gasteiger partial charge on any atom is 0.255 e. The van der Waals surface area contributed by atoms with Crippen LogP contribution in [0.2, 0.25) is 5.02 Å². The molecule has 4 aromatic rings. The first-order valence-corrected chi connectivity index (χ1v) is 10.7. The van der Waals surface area contributed by atoms with Crippen LogP contribution < -0.4 is 5.32 Å². The molecule has 0 aliphatic carbocycles. The molecular formula is C22H20ClN5OS. The van der Waals surface area contributed by atoms with Gasteiger partial charge in [0.25, 0.3) is 5.91 Å². The van der Waals surface area contributed by atoms with E-state index in [0.29, 0.717) is 29.4 Å². The Balaban J connectivity index is 1.46. The number of aromatic nitrogens is 4. The highest BCUT2D eigenvalue weighted by molar-refractivity contribution is 7.09. The van der Waals surface area contributed by atoms with Gasteiger partial charge in [0.1, 0.15) is 5.01 Å². The van der Waals surface area contributed by atoms with E-state index in [1.807, 2.05) is 60.3 Å². The maximum absolute atomic E-state index is 12.8. The maximum atomic E-state index is 12.8. The summed E-state index contributed by atoms with van der Waals surface area (Å²) in [6, 6.07) is 11.5. The minimum absolute atomic E-state index is 0.156. The number of rotatable bonds is 6. The second-order valence-corrected chi connectivity index (χ2v) is 8.19. The standard InChI is InChI=1S/C22H20ClN5OS/c1-14-21(15(2)28(27-14)12-17-5-3-4-6-18(17)23)22(29)25-11-20-26-19(13-30-20)16-7-9-24-10-8-16/h3-10,13H,11-12H2,1-2H3,(H,25,29). The Bertz CT molecular complexity index is 1190. The largest absolute Gasteiger partial charge is 0.345 e. The molecule has 1 aromatic carbocycles. The molecule has 0 aliphatic rings. The Morgan fingerprint density at radius 1 is 1.17 bits per heavy atom. The van der Waals surface area contributed by atoms with Gasteiger partial charge < -0.3 is 5.32 Å². The molecule has 0 unspecified atom stereocenters. The highest BCUT2D eigenvalue weighted by Gasteiger charge is 2.19. The lowest BCUT2D eigenvalue weighted by Crippen LogP contribution is -2.24. The van der Waals surface area contributed by atoms with Crippen LogP contribution >= 0.6 is 22.9 Å². The molecule has 1 amide bonds. The van der Waals surface area contributed by atoms with Gasteiger partial charge in [-0.3, -0.25) is 14.5 Å². The molecule has 0 atom stereocenters. The minimum Gasteiger partial charge on any atom is -0.345 e. The SMILES string of the molecule is Cc1nn(Cc2ccccc2Cl)c(C)c1C(=O)NCc1nc(-c2ccncc2)cs1. The summed E-state index contributed by atoms with van der Waals surface area (Å²) in [4.78, 5) is 21.5. The summed E-state index contributed by atoms with van der Waals surface area (Å²) in [7, 11) is 0. The molecule has 3 aromatic heterocycles. The Hall–Kier alpha value is -3.03. The third kappa shape index (κ3) is 4.27. The molecule has 4 rings (SSSR count). The first-order chi connectivity index (χ1) is 14.5. The number of benzene rings is 1. The van der Waals surface area contributed by atoms with Gasteiger partial charge in [0, 0.05) is 34.1 Å². The van der Waals surface area contributed by atoms with Crippen LogP contribution in [0.4, 0.5) is 0 Å². The van der Waals surface area contributed by atoms with Crippen molar-refractivity contribution >= 4 is 28.8 Å². The van der Waals surface area contributed by atoms with Crippen LogP contribution in [0.3, 0.4) is 0 Å². The molecule has 1 N–H and O–H groups in total. The zero-order valence-electron chi connectivity index (χ0n) is 16.6. The molecule has 8 heteroatoms. The van der Waals surface area contributed by atoms with Crippen molar-refractivity contribution in [3.8, 4) is 11.3 Å². The Kier molecular flexibility index (Phi) is 5.92. The normalized spacial score (nSPS) is 10.9. The number of carbonyl (C=O) groups excluding carboxylic acids is 1. The van der Waals surface area contributed by atoms with Crippen LogP contribution in [0.15, 0.2) is 54.2 Å². The van der Waals surface area contributed by atoms with Gasteiger partial charge in [-0.25, -0.2) is 4.98 Å². The summed E-state index contributed by atoms with van der Waals surface area (Å²) >= 11 is 7.79. The van der Waals surface area contributed by atoms with E-state index in [9.17, 15) is 4.79 Å². The summed E-state index contributed by atoms with van der Waals surface area (Å²) in [6.07, 6.45) is 3.48. The molecule has 0 spiro atoms. The summed E-state index contributed by atoms with van der Waals surface area (Å²) in [5.74, 6) is -0.156. The number of carbonyl (C=O) groups is 1. The topological polar surface area (TPSA) is 72.7 Å². The molecule has 152 valence electrons. The molecule has 0 saturated heterocycles. The number of amides is 1. The van der Waals surface area contributed by atoms with Gasteiger partial charge in [0.2, 0.25) is 0 Å². The van der Waals surface area contributed by atoms with E-state index in [1.165, 1.54) is 11.3 Å². The third-order valence-electron chi connectivity index (χ3n) is 4.81. The summed E-state index contributed by atoms with van der Waals surface area (Å²) < 4.78 is 1.82. The number of hydrogen-bond acceptors (Lipinski definition) is 5. The van der Waals surface area contributed by atoms with Crippen molar-refractivity contribution < 1.29 is 4.79 Å². The van der Waals surface area contributed by atoms with Gasteiger partial charge in [-0.1, -0.05) is 29.8 Å². The van der Waals surface area contributed by atoms with Gasteiger partial charge in [0.05, 0.1) is 30.0 Å². The van der Waals surface area contributed by atoms with Crippen LogP contribution in [0, 0.1) is 13.8 Å². The summed E-state index contributed by atoms with van der Waals surface area (Å²) in [5, 5.41) is 11.0. The van der Waals surface area contributed by atoms with Crippen LogP contribution in [0.1, 0.15) is 32.3 Å². The number of nitrogens with one attached hydrogen (secondary N) is 1. The number of nitrogens with zero attached hydrogens (tertiary/aromatic N) is 4. The molecule has 0 bridgehead atoms. The first-order valence-electron chi connectivity index (χ1n) is 9.43. The Morgan fingerprint density at radius 2 is 1.93 bits per heavy atom. The van der Waals surface area contributed by atoms with Crippen molar-refractivity contribution in [3.05, 3.63) is 86.7 Å². The van der Waals surface area contributed by atoms with Crippen molar-refractivity contribution in [2.24, 2.45) is 0 Å². The Labute approximate surface area is 183 Å². The lowest BCUT2D eigenvalue weighted by Gasteiger charge is -2.07. The van der Waals surface area contributed by atoms with Crippen LogP contribution in [-0.4, -0.2) is 25.7 Å². The van der Waals surface area contributed by atoms with Gasteiger partial charge in [0.15, 0.2) is 0 Å². The number of pyridine rings is 1. The lowest BCUT2D eigenvalue weighted by atomic mass is 10.1. The molecule has 0 aliphatic heterocycles. The minimum atomic E-state index is -0.156. The van der Waals surface area contributed by atoms with E-state index in [4.69, 9.17) is 11.6 Å². The zero-order chi connectivity index (χ0) is 21.1. The molecule has 30 heavy (non-hydrogen) atoms. The molecule has 6 nitrogen and oxygen atoms in total. The average molecular weight is 438 g/mol. The summed E-state index contributed by atoms with van der Waals surface area (Å²) in [6.45, 7) is 4.62. The molecule has 0 radical (unpaired) electrons. The second kappa shape index (κ2) is 8.77. The molecule has 3 heterocycles. The van der Waals surface area contributed by atoms with Crippen LogP contribution in [0.25, 0.3) is 11.3 Å². The van der Waals surface area contributed by atoms with Crippen LogP contribution in [0.5, 0.6) is 0 Å². The fourth-order valence-electron chi connectivity index (χ4n) is 3.26. The van der Waals surface area contributed by atoms with Gasteiger partial charge in [-0.15, -0.1) is 11.3 Å². The van der Waals surface area contributed by atoms with Crippen molar-refractivity contribution in [1.82, 2.24) is 25.1 Å². The average Bonchev–Trinajstić information content (AvgIpc) is 3.33. The van der Waals surface area contributed by atoms with Crippen molar-refractivity contribution in [2.75, 3.05) is 0 Å². The smallest absolute Gasteiger partial charge is 0.255 e. The third-order valence-corrected chi connectivity index (χ3v) is 6.03. The van der Waals surface area contributed by atoms with E-state index in [1.54, 1.807) is 12.4 Å². The number of aryl methyl sites for hydroxylation is 1. The van der Waals surface area contributed by atoms with E-state index in [-0.39, 0.29) is 5.91 Å². The number of hydrogen-bond donors (Lipinski definition) is 1. The second-order valence-electron chi connectivity index (χ2n) is 6.84. The zero-order valence-corrected chi connectivity index (χ0v) is 18.2. The molecule has 0 saturated carbocycles. The van der Waals surface area contributed by atoms with E-state index in [0.717, 1.165) is 27.5 Å². The summed E-state index contributed by atoms with van der Waals surface area (Å²) in [5.41, 5.74) is 4.93. The lowest BCUT2D eigenvalue weighted by molar-refractivity contribution is 0.0949. The number of thiazole rings is 1. The monoisotopic (exact) mass is 437 g/mol. The molecule has 0 fully saturated rings. The fraction of sp³-hybridized carbons (Fsp3) is 0.182. The number of halogens is 1. The Morgan fingerprint density at radius 3 is 2.70 bits per heavy atom. The predicted molar refractivity (Wildman–Crippen MR) is 119 cm³/mol. The fourth-order valence-corrected chi connectivity index (χ4v) is 4.20. The first kappa shape index (κ1) is 20.3. The van der Waals surface area contributed by atoms with Gasteiger partial charge >= 0.3 is 0 Å². The van der Waals surface area contributed by atoms with E-state index >= 15 is 0 Å². The quantitative estimate of drug-likeness (QED) is 0.476. The molecular weight excluding hydrogens is 418 g/mol. The van der Waals surface area contributed by atoms with Gasteiger partial charge in [-0.05, 0) is 37.6 Å². The van der Waals surface area contributed by atoms with Crippen molar-refractivity contribution in [2.45, 2.75) is 26.9 Å². The van der Waals surface area contributed by atoms with Crippen molar-refractivity contribution in [1.29, 1.82) is 0 Å². The highest BCUT2D eigenvalue weighted by Crippen LogP contribution is 2.22. The van der Waals surface area contributed by atoms with Crippen molar-refractivity contribution in [3.63, 3.8) is 0 Å². The van der Waals surface area contributed by atoms with Gasteiger partial charge in [-0.2, -0.15) is 5.10 Å². The predicted octanol–water partition coefficient (Wildman–Crippen LogP) is 4.65. The van der Waals surface area contributed by atoms with Crippen LogP contribution in [-0.2, 0) is 13.1 Å². The highest BCUT2D eigenvalue weighted by atomic mass is 35.5. The van der Waals surface area contributed by atoms with E-state index in [2.05, 4.69) is 20.4 Å². The van der Waals surface area contributed by atoms with E-state index < -0.39 is 0 Å².